The number of hydrogen-bond donors (Lipinski definition) is 1. The summed E-state index contributed by atoms with van der Waals surface area (Å²) in [5.41, 5.74) is 3.71. The minimum atomic E-state index is -0.526. The number of H-pyrrole nitrogens is 1. The van der Waals surface area contributed by atoms with Crippen molar-refractivity contribution < 1.29 is 4.42 Å². The fourth-order valence-corrected chi connectivity index (χ4v) is 2.34. The second-order valence-electron chi connectivity index (χ2n) is 5.60. The lowest BCUT2D eigenvalue weighted by molar-refractivity contribution is 0.506. The van der Waals surface area contributed by atoms with E-state index >= 15 is 0 Å². The molecule has 1 aromatic carbocycles. The molecule has 0 saturated carbocycles. The lowest BCUT2D eigenvalue weighted by atomic mass is 10.3. The molecule has 8 heteroatoms. The van der Waals surface area contributed by atoms with Gasteiger partial charge in [-0.3, -0.25) is 19.8 Å². The molecule has 0 fully saturated rings. The van der Waals surface area contributed by atoms with Crippen LogP contribution in [0.5, 0.6) is 0 Å². The maximum atomic E-state index is 12.5. The van der Waals surface area contributed by atoms with Gasteiger partial charge in [0.2, 0.25) is 5.56 Å². The Morgan fingerprint density at radius 2 is 2.00 bits per heavy atom. The third-order valence-electron chi connectivity index (χ3n) is 3.72. The molecule has 0 aliphatic rings. The number of hydrogen-bond acceptors (Lipinski definition) is 4. The quantitative estimate of drug-likeness (QED) is 0.732. The molecule has 8 nitrogen and oxygen atoms in total. The van der Waals surface area contributed by atoms with Gasteiger partial charge in [-0.15, -0.1) is 0 Å². The Morgan fingerprint density at radius 3 is 2.69 bits per heavy atom. The lowest BCUT2D eigenvalue weighted by Crippen LogP contribution is -2.37. The second-order valence-corrected chi connectivity index (χ2v) is 5.60. The van der Waals surface area contributed by atoms with Gasteiger partial charge in [-0.25, -0.2) is 4.79 Å². The molecule has 0 amide bonds. The number of furan rings is 1. The predicted octanol–water partition coefficient (Wildman–Crippen LogP) is 2.60. The molecular formula is C18H17N5O3. The van der Waals surface area contributed by atoms with Crippen molar-refractivity contribution in [3.8, 4) is 6.07 Å². The third-order valence-corrected chi connectivity index (χ3v) is 3.72. The zero-order chi connectivity index (χ0) is 18.5. The van der Waals surface area contributed by atoms with Gasteiger partial charge in [0.15, 0.2) is 0 Å². The normalized spacial score (nSPS) is 10.1. The highest BCUT2D eigenvalue weighted by molar-refractivity contribution is 5.55. The average molecular weight is 351 g/mol. The molecule has 0 saturated heterocycles. The fraction of sp³-hybridized carbons (Fsp3) is 0.167. The number of benzene rings is 1. The van der Waals surface area contributed by atoms with Crippen molar-refractivity contribution >= 4 is 11.5 Å². The number of nitrogens with zero attached hydrogens (tertiary/aromatic N) is 4. The first-order valence-corrected chi connectivity index (χ1v) is 7.85. The summed E-state index contributed by atoms with van der Waals surface area (Å²) in [5, 5.41) is 0. The summed E-state index contributed by atoms with van der Waals surface area (Å²) in [6.07, 6.45) is 1.56. The van der Waals surface area contributed by atoms with Gasteiger partial charge in [0, 0.05) is 14.1 Å². The second kappa shape index (κ2) is 7.44. The Bertz CT molecular complexity index is 1060. The van der Waals surface area contributed by atoms with Crippen molar-refractivity contribution in [2.45, 2.75) is 6.54 Å². The summed E-state index contributed by atoms with van der Waals surface area (Å²) in [6, 6.07) is 15.3. The number of anilines is 1. The molecule has 132 valence electrons. The molecule has 0 radical (unpaired) electrons. The van der Waals surface area contributed by atoms with Crippen molar-refractivity contribution in [3.05, 3.63) is 91.3 Å². The minimum Gasteiger partial charge on any atom is -0.467 e. The molecule has 0 atom stereocenters. The Hall–Kier alpha value is -3.73. The van der Waals surface area contributed by atoms with Crippen LogP contribution >= 0.6 is 0 Å². The monoisotopic (exact) mass is 351 g/mol. The van der Waals surface area contributed by atoms with Gasteiger partial charge in [0.1, 0.15) is 11.6 Å². The van der Waals surface area contributed by atoms with E-state index in [4.69, 9.17) is 4.42 Å². The average Bonchev–Trinajstić information content (AvgIpc) is 3.15. The zero-order valence-corrected chi connectivity index (χ0v) is 14.3. The topological polar surface area (TPSA) is 89.7 Å². The van der Waals surface area contributed by atoms with E-state index in [1.54, 1.807) is 42.5 Å². The molecule has 26 heavy (non-hydrogen) atoms. The molecule has 2 heterocycles. The number of aromatic amines is 1. The SMILES string of the molecule is CN(Cc1ccco1)c1[nH]c(=O)n(C)c(=O)c1C#[N+][N-]c1ccccc1. The van der Waals surface area contributed by atoms with E-state index in [0.717, 1.165) is 4.57 Å². The van der Waals surface area contributed by atoms with Gasteiger partial charge in [-0.1, -0.05) is 41.0 Å². The van der Waals surface area contributed by atoms with Crippen LogP contribution < -0.4 is 16.1 Å². The Morgan fingerprint density at radius 1 is 1.23 bits per heavy atom. The van der Waals surface area contributed by atoms with Crippen LogP contribution in [0.25, 0.3) is 10.4 Å². The summed E-state index contributed by atoms with van der Waals surface area (Å²) in [7, 11) is 3.11. The smallest absolute Gasteiger partial charge is 0.329 e. The summed E-state index contributed by atoms with van der Waals surface area (Å²) in [4.78, 5) is 32.7. The summed E-state index contributed by atoms with van der Waals surface area (Å²) >= 11 is 0. The van der Waals surface area contributed by atoms with Crippen LogP contribution in [0, 0.1) is 6.07 Å². The van der Waals surface area contributed by atoms with Crippen LogP contribution in [0.2, 0.25) is 0 Å². The lowest BCUT2D eigenvalue weighted by Gasteiger charge is -2.17. The molecule has 0 bridgehead atoms. The van der Waals surface area contributed by atoms with Crippen molar-refractivity contribution in [2.75, 3.05) is 11.9 Å². The van der Waals surface area contributed by atoms with Crippen LogP contribution in [0.3, 0.4) is 0 Å². The Balaban J connectivity index is 1.96. The highest BCUT2D eigenvalue weighted by Crippen LogP contribution is 2.18. The highest BCUT2D eigenvalue weighted by atomic mass is 16.3. The molecule has 2 aromatic heterocycles. The van der Waals surface area contributed by atoms with Gasteiger partial charge in [-0.05, 0) is 12.1 Å². The fourth-order valence-electron chi connectivity index (χ4n) is 2.34. The van der Waals surface area contributed by atoms with Crippen LogP contribution in [0.4, 0.5) is 11.5 Å². The van der Waals surface area contributed by atoms with Crippen molar-refractivity contribution in [1.82, 2.24) is 9.55 Å². The molecule has 0 spiro atoms. The van der Waals surface area contributed by atoms with E-state index in [2.05, 4.69) is 21.4 Å². The third kappa shape index (κ3) is 3.67. The first-order chi connectivity index (χ1) is 12.6. The molecule has 3 rings (SSSR count). The maximum absolute atomic E-state index is 12.5. The van der Waals surface area contributed by atoms with Gasteiger partial charge in [-0.2, -0.15) is 0 Å². The first-order valence-electron chi connectivity index (χ1n) is 7.85. The van der Waals surface area contributed by atoms with Gasteiger partial charge in [0.25, 0.3) is 5.56 Å². The summed E-state index contributed by atoms with van der Waals surface area (Å²) < 4.78 is 6.27. The zero-order valence-electron chi connectivity index (χ0n) is 14.3. The Kier molecular flexibility index (Phi) is 4.90. The molecule has 1 N–H and O–H groups in total. The summed E-state index contributed by atoms with van der Waals surface area (Å²) in [5.74, 6) is 0.979. The van der Waals surface area contributed by atoms with E-state index in [-0.39, 0.29) is 5.56 Å². The number of aromatic nitrogens is 2. The van der Waals surface area contributed by atoms with Crippen molar-refractivity contribution in [2.24, 2.45) is 7.05 Å². The minimum absolute atomic E-state index is 0.112. The van der Waals surface area contributed by atoms with Crippen LogP contribution in [0.15, 0.2) is 62.7 Å². The van der Waals surface area contributed by atoms with E-state index in [1.165, 1.54) is 7.05 Å². The van der Waals surface area contributed by atoms with Crippen molar-refractivity contribution in [3.63, 3.8) is 0 Å². The predicted molar refractivity (Wildman–Crippen MR) is 98.9 cm³/mol. The van der Waals surface area contributed by atoms with Gasteiger partial charge >= 0.3 is 11.8 Å². The largest absolute Gasteiger partial charge is 0.467 e. The first kappa shape index (κ1) is 17.1. The highest BCUT2D eigenvalue weighted by Gasteiger charge is 2.18. The van der Waals surface area contributed by atoms with Crippen LogP contribution in [-0.2, 0) is 13.6 Å². The van der Waals surface area contributed by atoms with Crippen LogP contribution in [0.1, 0.15) is 11.3 Å². The standard InChI is InChI=1S/C18H17N5O3/c1-22(12-14-9-6-10-26-14)16-15(17(24)23(2)18(25)20-16)11-19-21-13-7-4-3-5-8-13/h3-10H,12H2,1-2H3,(H,20,25). The number of nitrogens with one attached hydrogen (secondary N) is 1. The molecule has 3 aromatic rings. The molecular weight excluding hydrogens is 334 g/mol. The molecule has 0 unspecified atom stereocenters. The van der Waals surface area contributed by atoms with Gasteiger partial charge < -0.3 is 9.32 Å². The van der Waals surface area contributed by atoms with E-state index in [0.29, 0.717) is 23.8 Å². The summed E-state index contributed by atoms with van der Waals surface area (Å²) in [6.45, 7) is 0.362. The molecule has 0 aliphatic carbocycles. The maximum Gasteiger partial charge on any atom is 0.329 e. The van der Waals surface area contributed by atoms with E-state index < -0.39 is 11.2 Å². The number of rotatable bonds is 4. The van der Waals surface area contributed by atoms with Gasteiger partial charge in [0.05, 0.1) is 12.8 Å². The molecule has 0 aliphatic heterocycles. The van der Waals surface area contributed by atoms with Crippen LogP contribution in [-0.4, -0.2) is 16.6 Å². The Labute approximate surface area is 149 Å². The van der Waals surface area contributed by atoms with Crippen molar-refractivity contribution in [1.29, 1.82) is 0 Å². The van der Waals surface area contributed by atoms with E-state index in [9.17, 15) is 9.59 Å². The van der Waals surface area contributed by atoms with E-state index in [1.807, 2.05) is 18.2 Å².